The molecule has 0 radical (unpaired) electrons. The number of carbonyl (C=O) groups is 1. The number of halogens is 1. The fourth-order valence-electron chi connectivity index (χ4n) is 2.52. The fraction of sp³-hybridized carbons (Fsp3) is 0.267. The molecule has 3 rings (SSSR count). The molecular weight excluding hydrogens is 348 g/mol. The molecule has 1 aliphatic rings. The van der Waals surface area contributed by atoms with Crippen LogP contribution in [0.25, 0.3) is 0 Å². The molecule has 1 aliphatic heterocycles. The number of carbonyl (C=O) groups excluding carboxylic acids is 1. The number of rotatable bonds is 3. The fourth-order valence-corrected chi connectivity index (χ4v) is 2.78. The van der Waals surface area contributed by atoms with Crippen molar-refractivity contribution in [2.24, 2.45) is 0 Å². The van der Waals surface area contributed by atoms with Crippen molar-refractivity contribution in [3.8, 4) is 0 Å². The van der Waals surface area contributed by atoms with Crippen LogP contribution in [0, 0.1) is 0 Å². The van der Waals surface area contributed by atoms with E-state index in [2.05, 4.69) is 31.3 Å². The van der Waals surface area contributed by atoms with Crippen LogP contribution in [0.3, 0.4) is 0 Å². The van der Waals surface area contributed by atoms with Gasteiger partial charge in [0.2, 0.25) is 5.95 Å². The number of anilines is 1. The van der Waals surface area contributed by atoms with Crippen molar-refractivity contribution >= 4 is 27.8 Å². The van der Waals surface area contributed by atoms with Crippen LogP contribution in [0.1, 0.15) is 25.5 Å². The van der Waals surface area contributed by atoms with Crippen LogP contribution in [0.5, 0.6) is 0 Å². The third kappa shape index (κ3) is 2.52. The molecule has 0 aliphatic carbocycles. The van der Waals surface area contributed by atoms with Crippen molar-refractivity contribution in [2.75, 3.05) is 11.9 Å². The van der Waals surface area contributed by atoms with Gasteiger partial charge >= 0.3 is 5.97 Å². The topological polar surface area (TPSA) is 69.0 Å². The average Bonchev–Trinajstić information content (AvgIpc) is 2.94. The third-order valence-electron chi connectivity index (χ3n) is 3.48. The first-order valence-corrected chi connectivity index (χ1v) is 7.71. The number of benzene rings is 1. The molecule has 2 heterocycles. The summed E-state index contributed by atoms with van der Waals surface area (Å²) in [6, 6.07) is 7.43. The zero-order chi connectivity index (χ0) is 15.7. The number of esters is 1. The lowest BCUT2D eigenvalue weighted by Crippen LogP contribution is -2.29. The lowest BCUT2D eigenvalue weighted by Gasteiger charge is -2.28. The number of nitrogens with one attached hydrogen (secondary N) is 1. The minimum Gasteiger partial charge on any atom is -0.463 e. The number of hydrogen-bond acceptors (Lipinski definition) is 5. The van der Waals surface area contributed by atoms with E-state index in [1.54, 1.807) is 11.6 Å². The quantitative estimate of drug-likeness (QED) is 0.850. The molecule has 2 aromatic rings. The van der Waals surface area contributed by atoms with Crippen LogP contribution in [0.15, 0.2) is 46.3 Å². The molecule has 1 unspecified atom stereocenters. The minimum absolute atomic E-state index is 0.326. The molecule has 0 saturated carbocycles. The predicted octanol–water partition coefficient (Wildman–Crippen LogP) is 2.89. The van der Waals surface area contributed by atoms with E-state index in [4.69, 9.17) is 4.74 Å². The van der Waals surface area contributed by atoms with Gasteiger partial charge in [0.25, 0.3) is 0 Å². The Bertz CT molecular complexity index is 736. The van der Waals surface area contributed by atoms with Gasteiger partial charge in [-0.15, -0.1) is 0 Å². The maximum Gasteiger partial charge on any atom is 0.338 e. The Balaban J connectivity index is 2.13. The number of nitrogens with zero attached hydrogens (tertiary/aromatic N) is 3. The molecule has 114 valence electrons. The highest BCUT2D eigenvalue weighted by atomic mass is 79.9. The normalized spacial score (nSPS) is 17.0. The van der Waals surface area contributed by atoms with E-state index in [1.807, 2.05) is 31.2 Å². The van der Waals surface area contributed by atoms with Gasteiger partial charge in [0.15, 0.2) is 0 Å². The van der Waals surface area contributed by atoms with Crippen LogP contribution < -0.4 is 5.32 Å². The molecule has 22 heavy (non-hydrogen) atoms. The zero-order valence-corrected chi connectivity index (χ0v) is 13.8. The van der Waals surface area contributed by atoms with E-state index in [0.717, 1.165) is 15.7 Å². The molecular formula is C15H15BrN4O2. The first-order valence-electron chi connectivity index (χ1n) is 6.91. The first-order chi connectivity index (χ1) is 10.6. The van der Waals surface area contributed by atoms with Gasteiger partial charge in [-0.05, 0) is 31.5 Å². The largest absolute Gasteiger partial charge is 0.463 e. The average molecular weight is 363 g/mol. The number of ether oxygens (including phenoxy) is 1. The van der Waals surface area contributed by atoms with E-state index in [-0.39, 0.29) is 12.0 Å². The highest BCUT2D eigenvalue weighted by Crippen LogP contribution is 2.35. The second kappa shape index (κ2) is 5.92. The van der Waals surface area contributed by atoms with E-state index < -0.39 is 0 Å². The monoisotopic (exact) mass is 362 g/mol. The van der Waals surface area contributed by atoms with Gasteiger partial charge in [-0.1, -0.05) is 28.1 Å². The maximum absolute atomic E-state index is 12.4. The Labute approximate surface area is 136 Å². The third-order valence-corrected chi connectivity index (χ3v) is 4.00. The Morgan fingerprint density at radius 3 is 2.82 bits per heavy atom. The Morgan fingerprint density at radius 2 is 2.14 bits per heavy atom. The Kier molecular flexibility index (Phi) is 3.98. The standard InChI is InChI=1S/C15H15BrN4O2/c1-3-22-14(21)12-9(2)19-15-17-8-18-20(15)13(12)10-4-6-11(16)7-5-10/h4-8,13H,3H2,1-2H3,(H,17,18,19). The first kappa shape index (κ1) is 14.8. The Morgan fingerprint density at radius 1 is 1.41 bits per heavy atom. The highest BCUT2D eigenvalue weighted by Gasteiger charge is 2.34. The molecule has 0 saturated heterocycles. The lowest BCUT2D eigenvalue weighted by atomic mass is 9.96. The van der Waals surface area contributed by atoms with Gasteiger partial charge in [0.05, 0.1) is 12.2 Å². The molecule has 0 fully saturated rings. The van der Waals surface area contributed by atoms with Crippen LogP contribution in [0.4, 0.5) is 5.95 Å². The summed E-state index contributed by atoms with van der Waals surface area (Å²) in [7, 11) is 0. The Hall–Kier alpha value is -2.15. The molecule has 1 N–H and O–H groups in total. The molecule has 6 nitrogen and oxygen atoms in total. The number of allylic oxidation sites excluding steroid dienone is 1. The molecule has 1 atom stereocenters. The van der Waals surface area contributed by atoms with Gasteiger partial charge in [-0.3, -0.25) is 0 Å². The van der Waals surface area contributed by atoms with Crippen LogP contribution in [0.2, 0.25) is 0 Å². The maximum atomic E-state index is 12.4. The summed E-state index contributed by atoms with van der Waals surface area (Å²) < 4.78 is 7.88. The summed E-state index contributed by atoms with van der Waals surface area (Å²) >= 11 is 3.42. The summed E-state index contributed by atoms with van der Waals surface area (Å²) in [6.45, 7) is 3.96. The lowest BCUT2D eigenvalue weighted by molar-refractivity contribution is -0.139. The van der Waals surface area contributed by atoms with Crippen molar-refractivity contribution < 1.29 is 9.53 Å². The number of fused-ring (bicyclic) bond motifs is 1. The smallest absolute Gasteiger partial charge is 0.338 e. The molecule has 0 bridgehead atoms. The minimum atomic E-state index is -0.356. The number of aromatic nitrogens is 3. The van der Waals surface area contributed by atoms with Crippen molar-refractivity contribution in [3.05, 3.63) is 51.9 Å². The second-order valence-corrected chi connectivity index (χ2v) is 5.78. The predicted molar refractivity (Wildman–Crippen MR) is 85.3 cm³/mol. The van der Waals surface area contributed by atoms with Crippen LogP contribution >= 0.6 is 15.9 Å². The molecule has 1 aromatic carbocycles. The molecule has 7 heteroatoms. The second-order valence-electron chi connectivity index (χ2n) is 4.87. The van der Waals surface area contributed by atoms with E-state index in [1.165, 1.54) is 6.33 Å². The van der Waals surface area contributed by atoms with E-state index >= 15 is 0 Å². The SMILES string of the molecule is CCOC(=O)C1=C(C)Nc2ncnn2C1c1ccc(Br)cc1. The van der Waals surface area contributed by atoms with Crippen LogP contribution in [-0.2, 0) is 9.53 Å². The molecule has 0 amide bonds. The summed E-state index contributed by atoms with van der Waals surface area (Å²) in [5.41, 5.74) is 2.22. The summed E-state index contributed by atoms with van der Waals surface area (Å²) in [6.07, 6.45) is 1.47. The summed E-state index contributed by atoms with van der Waals surface area (Å²) in [5.74, 6) is 0.264. The van der Waals surface area contributed by atoms with E-state index in [0.29, 0.717) is 18.1 Å². The molecule has 0 spiro atoms. The summed E-state index contributed by atoms with van der Waals surface area (Å²) in [4.78, 5) is 16.6. The molecule has 1 aromatic heterocycles. The van der Waals surface area contributed by atoms with E-state index in [9.17, 15) is 4.79 Å². The van der Waals surface area contributed by atoms with Crippen molar-refractivity contribution in [1.82, 2.24) is 14.8 Å². The van der Waals surface area contributed by atoms with Crippen molar-refractivity contribution in [2.45, 2.75) is 19.9 Å². The van der Waals surface area contributed by atoms with Gasteiger partial charge < -0.3 is 10.1 Å². The van der Waals surface area contributed by atoms with Gasteiger partial charge in [0.1, 0.15) is 12.4 Å². The summed E-state index contributed by atoms with van der Waals surface area (Å²) in [5, 5.41) is 7.35. The van der Waals surface area contributed by atoms with Crippen LogP contribution in [-0.4, -0.2) is 27.3 Å². The van der Waals surface area contributed by atoms with Gasteiger partial charge in [-0.2, -0.15) is 10.1 Å². The van der Waals surface area contributed by atoms with Gasteiger partial charge in [-0.25, -0.2) is 9.48 Å². The van der Waals surface area contributed by atoms with Gasteiger partial charge in [0, 0.05) is 10.2 Å². The van der Waals surface area contributed by atoms with Crippen molar-refractivity contribution in [3.63, 3.8) is 0 Å². The highest BCUT2D eigenvalue weighted by molar-refractivity contribution is 9.10. The zero-order valence-electron chi connectivity index (χ0n) is 12.2. The van der Waals surface area contributed by atoms with Crippen molar-refractivity contribution in [1.29, 1.82) is 0 Å². The number of hydrogen-bond donors (Lipinski definition) is 1.